The van der Waals surface area contributed by atoms with E-state index >= 15 is 0 Å². The van der Waals surface area contributed by atoms with Gasteiger partial charge in [0.25, 0.3) is 0 Å². The van der Waals surface area contributed by atoms with Crippen molar-refractivity contribution in [2.24, 2.45) is 0 Å². The van der Waals surface area contributed by atoms with Crippen molar-refractivity contribution in [1.29, 1.82) is 0 Å². The highest BCUT2D eigenvalue weighted by molar-refractivity contribution is 7.90. The molecule has 0 radical (unpaired) electrons. The molecule has 0 spiro atoms. The van der Waals surface area contributed by atoms with Gasteiger partial charge in [-0.05, 0) is 19.1 Å². The molecule has 0 aliphatic heterocycles. The number of anilines is 1. The molecule has 2 rings (SSSR count). The number of pyridine rings is 1. The number of aryl methyl sites for hydroxylation is 1. The average Bonchev–Trinajstić information content (AvgIpc) is 2.41. The molecule has 6 heteroatoms. The lowest BCUT2D eigenvalue weighted by molar-refractivity contribution is 0.159. The topological polar surface area (TPSA) is 68.3 Å². The van der Waals surface area contributed by atoms with Crippen molar-refractivity contribution in [2.75, 3.05) is 37.1 Å². The van der Waals surface area contributed by atoms with Crippen LogP contribution in [0, 0.1) is 6.92 Å². The Hall–Kier alpha value is -1.66. The van der Waals surface area contributed by atoms with E-state index in [1.54, 1.807) is 0 Å². The molecule has 1 aromatic heterocycles. The minimum atomic E-state index is -2.95. The maximum absolute atomic E-state index is 11.0. The molecule has 114 valence electrons. The van der Waals surface area contributed by atoms with Crippen LogP contribution in [-0.2, 0) is 14.6 Å². The van der Waals surface area contributed by atoms with E-state index in [1.165, 1.54) is 6.26 Å². The predicted octanol–water partition coefficient (Wildman–Crippen LogP) is 2.02. The summed E-state index contributed by atoms with van der Waals surface area (Å²) in [7, 11) is -2.95. The smallest absolute Gasteiger partial charge is 0.149 e. The van der Waals surface area contributed by atoms with Crippen molar-refractivity contribution in [3.05, 3.63) is 36.0 Å². The SMILES string of the molecule is Cc1cc(NCCOCCS(C)(=O)=O)c2ccccc2n1. The molecule has 0 fully saturated rings. The Balaban J connectivity index is 1.89. The molecule has 1 heterocycles. The fraction of sp³-hybridized carbons (Fsp3) is 0.400. The fourth-order valence-corrected chi connectivity index (χ4v) is 2.44. The predicted molar refractivity (Wildman–Crippen MR) is 85.5 cm³/mol. The summed E-state index contributed by atoms with van der Waals surface area (Å²) in [5.41, 5.74) is 2.93. The minimum absolute atomic E-state index is 0.0598. The van der Waals surface area contributed by atoms with Gasteiger partial charge in [0.2, 0.25) is 0 Å². The Bertz CT molecular complexity index is 714. The van der Waals surface area contributed by atoms with Gasteiger partial charge in [-0.2, -0.15) is 0 Å². The lowest BCUT2D eigenvalue weighted by Gasteiger charge is -2.11. The lowest BCUT2D eigenvalue weighted by Crippen LogP contribution is -2.15. The second-order valence-electron chi connectivity index (χ2n) is 5.00. The van der Waals surface area contributed by atoms with Crippen LogP contribution in [0.5, 0.6) is 0 Å². The zero-order valence-corrected chi connectivity index (χ0v) is 13.1. The molecule has 5 nitrogen and oxygen atoms in total. The third kappa shape index (κ3) is 4.99. The van der Waals surface area contributed by atoms with E-state index in [0.29, 0.717) is 13.2 Å². The number of nitrogens with zero attached hydrogens (tertiary/aromatic N) is 1. The van der Waals surface area contributed by atoms with Crippen molar-refractivity contribution in [1.82, 2.24) is 4.98 Å². The van der Waals surface area contributed by atoms with Crippen molar-refractivity contribution in [3.63, 3.8) is 0 Å². The number of fused-ring (bicyclic) bond motifs is 1. The van der Waals surface area contributed by atoms with Gasteiger partial charge in [-0.15, -0.1) is 0 Å². The van der Waals surface area contributed by atoms with Gasteiger partial charge >= 0.3 is 0 Å². The number of benzene rings is 1. The number of sulfone groups is 1. The number of hydrogen-bond acceptors (Lipinski definition) is 5. The summed E-state index contributed by atoms with van der Waals surface area (Å²) in [6.07, 6.45) is 1.21. The monoisotopic (exact) mass is 308 g/mol. The van der Waals surface area contributed by atoms with Crippen molar-refractivity contribution >= 4 is 26.4 Å². The van der Waals surface area contributed by atoms with E-state index in [9.17, 15) is 8.42 Å². The Morgan fingerprint density at radius 1 is 1.24 bits per heavy atom. The normalized spacial score (nSPS) is 11.7. The molecule has 1 aromatic carbocycles. The second kappa shape index (κ2) is 6.87. The van der Waals surface area contributed by atoms with Crippen LogP contribution >= 0.6 is 0 Å². The van der Waals surface area contributed by atoms with Gasteiger partial charge in [0.05, 0.1) is 24.5 Å². The van der Waals surface area contributed by atoms with Gasteiger partial charge in [-0.25, -0.2) is 8.42 Å². The number of nitrogens with one attached hydrogen (secondary N) is 1. The first kappa shape index (κ1) is 15.7. The summed E-state index contributed by atoms with van der Waals surface area (Å²) in [6, 6.07) is 9.95. The quantitative estimate of drug-likeness (QED) is 0.793. The molecule has 0 saturated heterocycles. The van der Waals surface area contributed by atoms with Crippen LogP contribution in [0.3, 0.4) is 0 Å². The molecule has 0 unspecified atom stereocenters. The minimum Gasteiger partial charge on any atom is -0.382 e. The van der Waals surface area contributed by atoms with E-state index in [1.807, 2.05) is 37.3 Å². The molecule has 0 aliphatic rings. The van der Waals surface area contributed by atoms with Crippen molar-refractivity contribution < 1.29 is 13.2 Å². The molecular weight excluding hydrogens is 288 g/mol. The molecule has 2 aromatic rings. The Labute approximate surface area is 125 Å². The average molecular weight is 308 g/mol. The number of aromatic nitrogens is 1. The van der Waals surface area contributed by atoms with E-state index in [-0.39, 0.29) is 12.4 Å². The first-order valence-electron chi connectivity index (χ1n) is 6.81. The van der Waals surface area contributed by atoms with Gasteiger partial charge in [-0.3, -0.25) is 4.98 Å². The van der Waals surface area contributed by atoms with Gasteiger partial charge in [-0.1, -0.05) is 18.2 Å². The van der Waals surface area contributed by atoms with Crippen LogP contribution in [0.1, 0.15) is 5.69 Å². The Morgan fingerprint density at radius 2 is 2.00 bits per heavy atom. The van der Waals surface area contributed by atoms with Crippen LogP contribution in [0.25, 0.3) is 10.9 Å². The standard InChI is InChI=1S/C15H20N2O3S/c1-12-11-15(13-5-3-4-6-14(13)17-12)16-7-8-20-9-10-21(2,18)19/h3-6,11H,7-10H2,1-2H3,(H,16,17). The summed E-state index contributed by atoms with van der Waals surface area (Å²) in [6.45, 7) is 3.28. The lowest BCUT2D eigenvalue weighted by atomic mass is 10.1. The molecule has 0 amide bonds. The van der Waals surface area contributed by atoms with Crippen molar-refractivity contribution in [3.8, 4) is 0 Å². The summed E-state index contributed by atoms with van der Waals surface area (Å²) >= 11 is 0. The summed E-state index contributed by atoms with van der Waals surface area (Å²) in [5.74, 6) is 0.0598. The van der Waals surface area contributed by atoms with Crippen LogP contribution in [0.4, 0.5) is 5.69 Å². The molecule has 0 bridgehead atoms. The maximum atomic E-state index is 11.0. The highest BCUT2D eigenvalue weighted by atomic mass is 32.2. The highest BCUT2D eigenvalue weighted by Crippen LogP contribution is 2.22. The first-order chi connectivity index (χ1) is 9.96. The molecule has 0 aliphatic carbocycles. The third-order valence-corrected chi connectivity index (χ3v) is 3.91. The first-order valence-corrected chi connectivity index (χ1v) is 8.87. The van der Waals surface area contributed by atoms with Gasteiger partial charge < -0.3 is 10.1 Å². The maximum Gasteiger partial charge on any atom is 0.149 e. The zero-order chi connectivity index (χ0) is 15.3. The highest BCUT2D eigenvalue weighted by Gasteiger charge is 2.04. The number of para-hydroxylation sites is 1. The second-order valence-corrected chi connectivity index (χ2v) is 7.26. The van der Waals surface area contributed by atoms with Crippen LogP contribution in [0.2, 0.25) is 0 Å². The summed E-state index contributed by atoms with van der Waals surface area (Å²) in [5, 5.41) is 4.38. The Kier molecular flexibility index (Phi) is 5.14. The van der Waals surface area contributed by atoms with E-state index in [4.69, 9.17) is 4.74 Å². The van der Waals surface area contributed by atoms with Gasteiger partial charge in [0, 0.05) is 29.6 Å². The van der Waals surface area contributed by atoms with Crippen molar-refractivity contribution in [2.45, 2.75) is 6.92 Å². The molecule has 0 saturated carbocycles. The van der Waals surface area contributed by atoms with E-state index in [0.717, 1.165) is 22.3 Å². The Morgan fingerprint density at radius 3 is 2.76 bits per heavy atom. The van der Waals surface area contributed by atoms with Crippen LogP contribution < -0.4 is 5.32 Å². The zero-order valence-electron chi connectivity index (χ0n) is 12.3. The largest absolute Gasteiger partial charge is 0.382 e. The fourth-order valence-electron chi connectivity index (χ4n) is 2.02. The number of ether oxygens (including phenoxy) is 1. The molecular formula is C15H20N2O3S. The summed E-state index contributed by atoms with van der Waals surface area (Å²) in [4.78, 5) is 4.48. The van der Waals surface area contributed by atoms with Crippen LogP contribution in [0.15, 0.2) is 30.3 Å². The summed E-state index contributed by atoms with van der Waals surface area (Å²) < 4.78 is 27.2. The van der Waals surface area contributed by atoms with E-state index in [2.05, 4.69) is 10.3 Å². The van der Waals surface area contributed by atoms with Gasteiger partial charge in [0.15, 0.2) is 0 Å². The van der Waals surface area contributed by atoms with Crippen LogP contribution in [-0.4, -0.2) is 45.2 Å². The number of hydrogen-bond donors (Lipinski definition) is 1. The van der Waals surface area contributed by atoms with Gasteiger partial charge in [0.1, 0.15) is 9.84 Å². The number of rotatable bonds is 7. The molecule has 21 heavy (non-hydrogen) atoms. The van der Waals surface area contributed by atoms with E-state index < -0.39 is 9.84 Å². The molecule has 0 atom stereocenters. The third-order valence-electron chi connectivity index (χ3n) is 3.00. The molecule has 1 N–H and O–H groups in total.